The number of benzene rings is 3. The summed E-state index contributed by atoms with van der Waals surface area (Å²) in [4.78, 5) is 11.9. The molecule has 0 fully saturated rings. The van der Waals surface area contributed by atoms with Crippen molar-refractivity contribution in [2.75, 3.05) is 11.3 Å². The van der Waals surface area contributed by atoms with Crippen molar-refractivity contribution in [3.05, 3.63) is 64.1 Å². The van der Waals surface area contributed by atoms with E-state index in [4.69, 9.17) is 4.74 Å². The fourth-order valence-electron chi connectivity index (χ4n) is 3.56. The summed E-state index contributed by atoms with van der Waals surface area (Å²) in [5, 5.41) is 12.8. The van der Waals surface area contributed by atoms with E-state index in [-0.39, 0.29) is 27.9 Å². The Balaban J connectivity index is 1.95. The summed E-state index contributed by atoms with van der Waals surface area (Å²) < 4.78 is 106. The highest BCUT2D eigenvalue weighted by atomic mass is 79.9. The van der Waals surface area contributed by atoms with Crippen LogP contribution in [0.15, 0.2) is 51.8 Å². The number of sulfonamides is 1. The zero-order valence-electron chi connectivity index (χ0n) is 19.0. The molecule has 4 rings (SSSR count). The SMILES string of the molecule is C[C@H]1CNC(=O)c2cc(Br)c(O)c(c2)S(=O)(=O)Nc2cc(c(F)cc2F)-c2cc(OC(F)(F)F)ccc2O1. The van der Waals surface area contributed by atoms with Gasteiger partial charge in [-0.05, 0) is 59.3 Å². The number of carbonyl (C=O) groups excluding carboxylic acids is 1. The van der Waals surface area contributed by atoms with Gasteiger partial charge >= 0.3 is 6.36 Å². The third kappa shape index (κ3) is 5.78. The number of ether oxygens (including phenoxy) is 2. The molecule has 3 aromatic rings. The Kier molecular flexibility index (Phi) is 7.18. The van der Waals surface area contributed by atoms with Gasteiger partial charge in [0.1, 0.15) is 39.9 Å². The first-order valence-corrected chi connectivity index (χ1v) is 12.8. The zero-order chi connectivity index (χ0) is 28.0. The molecule has 0 aliphatic carbocycles. The number of alkyl halides is 3. The summed E-state index contributed by atoms with van der Waals surface area (Å²) >= 11 is 2.97. The van der Waals surface area contributed by atoms with Crippen LogP contribution >= 0.6 is 15.9 Å². The van der Waals surface area contributed by atoms with Crippen LogP contribution in [0.25, 0.3) is 11.1 Å². The molecule has 38 heavy (non-hydrogen) atoms. The van der Waals surface area contributed by atoms with Crippen molar-refractivity contribution in [1.82, 2.24) is 5.32 Å². The van der Waals surface area contributed by atoms with Gasteiger partial charge in [0.15, 0.2) is 0 Å². The van der Waals surface area contributed by atoms with Crippen molar-refractivity contribution in [3.8, 4) is 28.4 Å². The average Bonchev–Trinajstić information content (AvgIpc) is 2.80. The molecule has 0 radical (unpaired) electrons. The lowest BCUT2D eigenvalue weighted by Crippen LogP contribution is -2.33. The van der Waals surface area contributed by atoms with Crippen molar-refractivity contribution >= 4 is 37.5 Å². The highest BCUT2D eigenvalue weighted by Crippen LogP contribution is 2.40. The van der Waals surface area contributed by atoms with E-state index in [1.807, 2.05) is 4.72 Å². The van der Waals surface area contributed by atoms with E-state index in [1.165, 1.54) is 6.92 Å². The van der Waals surface area contributed by atoms with E-state index in [0.717, 1.165) is 30.3 Å². The number of anilines is 1. The van der Waals surface area contributed by atoms with Gasteiger partial charge < -0.3 is 19.9 Å². The Morgan fingerprint density at radius 2 is 1.79 bits per heavy atom. The van der Waals surface area contributed by atoms with Crippen molar-refractivity contribution in [2.45, 2.75) is 24.3 Å². The minimum Gasteiger partial charge on any atom is -0.505 e. The molecule has 1 amide bonds. The number of rotatable bonds is 1. The number of halogens is 6. The van der Waals surface area contributed by atoms with E-state index in [1.54, 1.807) is 0 Å². The first-order chi connectivity index (χ1) is 17.6. The number of nitrogens with one attached hydrogen (secondary N) is 2. The Labute approximate surface area is 220 Å². The molecule has 1 atom stereocenters. The average molecular weight is 623 g/mol. The van der Waals surface area contributed by atoms with Crippen LogP contribution in [0.4, 0.5) is 27.6 Å². The molecule has 0 saturated heterocycles. The maximum absolute atomic E-state index is 14.9. The molecule has 0 saturated carbocycles. The molecule has 1 aliphatic heterocycles. The molecule has 0 unspecified atom stereocenters. The normalized spacial score (nSPS) is 17.1. The van der Waals surface area contributed by atoms with E-state index in [9.17, 15) is 40.3 Å². The number of hydrogen-bond donors (Lipinski definition) is 3. The second-order valence-electron chi connectivity index (χ2n) is 8.07. The monoisotopic (exact) mass is 622 g/mol. The van der Waals surface area contributed by atoms with Crippen LogP contribution in [-0.2, 0) is 10.0 Å². The van der Waals surface area contributed by atoms with Crippen molar-refractivity contribution < 1.29 is 49.7 Å². The smallest absolute Gasteiger partial charge is 0.505 e. The lowest BCUT2D eigenvalue weighted by atomic mass is 10.0. The van der Waals surface area contributed by atoms with Crippen LogP contribution in [0.3, 0.4) is 0 Å². The Morgan fingerprint density at radius 3 is 2.47 bits per heavy atom. The number of fused-ring (bicyclic) bond motifs is 6. The van der Waals surface area contributed by atoms with E-state index < -0.39 is 67.7 Å². The van der Waals surface area contributed by atoms with Gasteiger partial charge in [0, 0.05) is 22.8 Å². The molecule has 3 aromatic carbocycles. The molecule has 3 N–H and O–H groups in total. The molecular weight excluding hydrogens is 607 g/mol. The summed E-state index contributed by atoms with van der Waals surface area (Å²) in [7, 11) is -4.79. The van der Waals surface area contributed by atoms with E-state index in [0.29, 0.717) is 12.1 Å². The minimum absolute atomic E-state index is 0.163. The summed E-state index contributed by atoms with van der Waals surface area (Å²) in [5.74, 6) is -5.11. The van der Waals surface area contributed by atoms with Gasteiger partial charge in [-0.3, -0.25) is 9.52 Å². The van der Waals surface area contributed by atoms with Crippen LogP contribution < -0.4 is 19.5 Å². The second-order valence-corrected chi connectivity index (χ2v) is 10.6. The fourth-order valence-corrected chi connectivity index (χ4v) is 5.35. The standard InChI is InChI=1S/C23H16BrF5N2O6S/c1-10-9-30-22(33)11-4-15(24)21(32)20(5-11)38(34,35)31-18-7-13(16(25)8-17(18)26)14-6-12(37-23(27,28)29)2-3-19(14)36-10/h2-8,10,31-32H,9H2,1H3,(H,30,33)/t10-/m0/s1. The van der Waals surface area contributed by atoms with Crippen LogP contribution in [0.2, 0.25) is 0 Å². The predicted molar refractivity (Wildman–Crippen MR) is 128 cm³/mol. The number of amides is 1. The van der Waals surface area contributed by atoms with Crippen LogP contribution in [0.1, 0.15) is 17.3 Å². The quantitative estimate of drug-likeness (QED) is 0.317. The zero-order valence-corrected chi connectivity index (χ0v) is 21.4. The summed E-state index contributed by atoms with van der Waals surface area (Å²) in [6.07, 6.45) is -5.92. The van der Waals surface area contributed by atoms with E-state index in [2.05, 4.69) is 26.0 Å². The van der Waals surface area contributed by atoms with Crippen molar-refractivity contribution in [3.63, 3.8) is 0 Å². The highest BCUT2D eigenvalue weighted by Gasteiger charge is 2.32. The molecule has 1 heterocycles. The third-order valence-corrected chi connectivity index (χ3v) is 7.22. The predicted octanol–water partition coefficient (Wildman–Crippen LogP) is 5.31. The fraction of sp³-hybridized carbons (Fsp3) is 0.174. The number of carbonyl (C=O) groups is 1. The lowest BCUT2D eigenvalue weighted by Gasteiger charge is -2.20. The summed E-state index contributed by atoms with van der Waals surface area (Å²) in [6.45, 7) is 1.33. The molecule has 15 heteroatoms. The molecule has 1 aliphatic rings. The first kappa shape index (κ1) is 27.4. The maximum Gasteiger partial charge on any atom is 0.573 e. The van der Waals surface area contributed by atoms with Gasteiger partial charge in [-0.1, -0.05) is 0 Å². The van der Waals surface area contributed by atoms with Gasteiger partial charge in [-0.2, -0.15) is 0 Å². The Bertz CT molecular complexity index is 1550. The Hall–Kier alpha value is -3.59. The van der Waals surface area contributed by atoms with Gasteiger partial charge in [-0.25, -0.2) is 17.2 Å². The van der Waals surface area contributed by atoms with Crippen LogP contribution in [-0.4, -0.2) is 38.4 Å². The van der Waals surface area contributed by atoms with Gasteiger partial charge in [0.25, 0.3) is 15.9 Å². The second kappa shape index (κ2) is 9.94. The van der Waals surface area contributed by atoms with E-state index >= 15 is 0 Å². The molecule has 202 valence electrons. The maximum atomic E-state index is 14.9. The molecule has 4 bridgehead atoms. The summed E-state index contributed by atoms with van der Waals surface area (Å²) in [6, 6.07) is 5.79. The Morgan fingerprint density at radius 1 is 1.08 bits per heavy atom. The van der Waals surface area contributed by atoms with Gasteiger partial charge in [0.2, 0.25) is 0 Å². The number of phenolic OH excluding ortho intramolecular Hbond substituents is 1. The number of hydrogen-bond acceptors (Lipinski definition) is 6. The minimum atomic E-state index is -5.08. The molecule has 8 nitrogen and oxygen atoms in total. The molecule has 0 aromatic heterocycles. The summed E-state index contributed by atoms with van der Waals surface area (Å²) in [5.41, 5.74) is -1.85. The van der Waals surface area contributed by atoms with Crippen molar-refractivity contribution in [2.24, 2.45) is 0 Å². The van der Waals surface area contributed by atoms with Crippen molar-refractivity contribution in [1.29, 1.82) is 0 Å². The van der Waals surface area contributed by atoms with Gasteiger partial charge in [0.05, 0.1) is 16.7 Å². The number of aromatic hydroxyl groups is 1. The lowest BCUT2D eigenvalue weighted by molar-refractivity contribution is -0.274. The first-order valence-electron chi connectivity index (χ1n) is 10.5. The largest absolute Gasteiger partial charge is 0.573 e. The molecular formula is C23H16BrF5N2O6S. The topological polar surface area (TPSA) is 114 Å². The number of phenols is 1. The van der Waals surface area contributed by atoms with Gasteiger partial charge in [-0.15, -0.1) is 13.2 Å². The van der Waals surface area contributed by atoms with Crippen LogP contribution in [0, 0.1) is 11.6 Å². The highest BCUT2D eigenvalue weighted by molar-refractivity contribution is 9.10. The molecule has 0 spiro atoms. The van der Waals surface area contributed by atoms with Crippen LogP contribution in [0.5, 0.6) is 17.2 Å². The third-order valence-electron chi connectivity index (χ3n) is 5.23.